The Morgan fingerprint density at radius 1 is 1.17 bits per heavy atom. The number of carbonyl (C=O) groups is 1. The summed E-state index contributed by atoms with van der Waals surface area (Å²) in [6.45, 7) is 4.98. The van der Waals surface area contributed by atoms with Gasteiger partial charge in [-0.25, -0.2) is 8.42 Å². The summed E-state index contributed by atoms with van der Waals surface area (Å²) >= 11 is 0. The fraction of sp³-hybridized carbons (Fsp3) is 0.938. The van der Waals surface area contributed by atoms with Crippen LogP contribution in [0.4, 0.5) is 0 Å². The van der Waals surface area contributed by atoms with Crippen LogP contribution in [-0.2, 0) is 14.8 Å². The second kappa shape index (κ2) is 8.44. The molecule has 6 nitrogen and oxygen atoms in total. The predicted octanol–water partition coefficient (Wildman–Crippen LogP) is 1.04. The lowest BCUT2D eigenvalue weighted by Crippen LogP contribution is -2.50. The Morgan fingerprint density at radius 2 is 1.87 bits per heavy atom. The van der Waals surface area contributed by atoms with Gasteiger partial charge in [-0.1, -0.05) is 13.3 Å². The molecule has 1 amide bonds. The van der Waals surface area contributed by atoms with Crippen molar-refractivity contribution >= 4 is 15.9 Å². The van der Waals surface area contributed by atoms with Crippen LogP contribution in [-0.4, -0.2) is 68.6 Å². The minimum atomic E-state index is -3.30. The van der Waals surface area contributed by atoms with Crippen molar-refractivity contribution in [1.29, 1.82) is 0 Å². The molecule has 2 fully saturated rings. The molecule has 23 heavy (non-hydrogen) atoms. The maximum Gasteiger partial charge on any atom is 0.241 e. The summed E-state index contributed by atoms with van der Waals surface area (Å²) in [7, 11) is -1.35. The van der Waals surface area contributed by atoms with E-state index >= 15 is 0 Å². The number of unbranched alkanes of at least 4 members (excludes halogenated alkanes) is 1. The Kier molecular flexibility index (Phi) is 6.85. The molecule has 134 valence electrons. The Labute approximate surface area is 140 Å². The van der Waals surface area contributed by atoms with Gasteiger partial charge in [0.25, 0.3) is 0 Å². The molecule has 2 saturated heterocycles. The van der Waals surface area contributed by atoms with E-state index in [-0.39, 0.29) is 11.7 Å². The van der Waals surface area contributed by atoms with Crippen LogP contribution in [0.1, 0.15) is 45.4 Å². The molecule has 0 spiro atoms. The highest BCUT2D eigenvalue weighted by Gasteiger charge is 2.40. The van der Waals surface area contributed by atoms with Gasteiger partial charge in [0.2, 0.25) is 15.9 Å². The predicted molar refractivity (Wildman–Crippen MR) is 91.7 cm³/mol. The largest absolute Gasteiger partial charge is 0.341 e. The molecule has 0 aliphatic carbocycles. The molecular formula is C16H31N3O3S. The maximum atomic E-state index is 12.8. The van der Waals surface area contributed by atoms with Gasteiger partial charge >= 0.3 is 0 Å². The summed E-state index contributed by atoms with van der Waals surface area (Å²) in [6, 6.07) is -0.460. The zero-order valence-electron chi connectivity index (χ0n) is 14.5. The molecule has 0 aromatic heterocycles. The van der Waals surface area contributed by atoms with Crippen molar-refractivity contribution in [3.63, 3.8) is 0 Å². The first-order valence-corrected chi connectivity index (χ1v) is 10.5. The second-order valence-corrected chi connectivity index (χ2v) is 8.81. The van der Waals surface area contributed by atoms with Crippen LogP contribution in [0.15, 0.2) is 0 Å². The molecule has 0 saturated carbocycles. The third-order valence-corrected chi connectivity index (χ3v) is 6.98. The smallest absolute Gasteiger partial charge is 0.241 e. The molecule has 0 radical (unpaired) electrons. The molecule has 7 heteroatoms. The Hall–Kier alpha value is -0.660. The Balaban J connectivity index is 1.96. The maximum absolute atomic E-state index is 12.8. The van der Waals surface area contributed by atoms with Gasteiger partial charge in [-0.15, -0.1) is 0 Å². The van der Waals surface area contributed by atoms with Crippen molar-refractivity contribution < 1.29 is 13.2 Å². The number of sulfonamides is 1. The van der Waals surface area contributed by atoms with Gasteiger partial charge < -0.3 is 10.2 Å². The lowest BCUT2D eigenvalue weighted by atomic mass is 9.96. The number of hydrogen-bond acceptors (Lipinski definition) is 4. The highest BCUT2D eigenvalue weighted by molar-refractivity contribution is 7.89. The molecular weight excluding hydrogens is 314 g/mol. The van der Waals surface area contributed by atoms with E-state index in [1.54, 1.807) is 0 Å². The molecule has 1 unspecified atom stereocenters. The van der Waals surface area contributed by atoms with Gasteiger partial charge in [-0.3, -0.25) is 4.79 Å². The molecule has 0 aromatic rings. The van der Waals surface area contributed by atoms with Crippen molar-refractivity contribution in [1.82, 2.24) is 14.5 Å². The lowest BCUT2D eigenvalue weighted by Gasteiger charge is -2.35. The molecule has 2 rings (SSSR count). The van der Waals surface area contributed by atoms with Gasteiger partial charge in [0.1, 0.15) is 6.04 Å². The zero-order chi connectivity index (χ0) is 16.9. The van der Waals surface area contributed by atoms with E-state index in [4.69, 9.17) is 0 Å². The van der Waals surface area contributed by atoms with Crippen molar-refractivity contribution in [3.8, 4) is 0 Å². The number of likely N-dealkylation sites (tertiary alicyclic amines) is 1. The number of amides is 1. The Bertz CT molecular complexity index is 487. The van der Waals surface area contributed by atoms with E-state index < -0.39 is 16.1 Å². The van der Waals surface area contributed by atoms with E-state index in [0.29, 0.717) is 25.3 Å². The van der Waals surface area contributed by atoms with Crippen molar-refractivity contribution in [2.45, 2.75) is 51.5 Å². The van der Waals surface area contributed by atoms with Crippen LogP contribution in [0.25, 0.3) is 0 Å². The van der Waals surface area contributed by atoms with E-state index in [1.807, 2.05) is 18.9 Å². The fourth-order valence-corrected chi connectivity index (χ4v) is 5.50. The second-order valence-electron chi connectivity index (χ2n) is 6.76. The van der Waals surface area contributed by atoms with Crippen molar-refractivity contribution in [2.24, 2.45) is 5.92 Å². The number of nitrogens with zero attached hydrogens (tertiary/aromatic N) is 2. The van der Waals surface area contributed by atoms with Gasteiger partial charge in [-0.05, 0) is 51.6 Å². The highest BCUT2D eigenvalue weighted by Crippen LogP contribution is 2.26. The van der Waals surface area contributed by atoms with Crippen LogP contribution in [0.3, 0.4) is 0 Å². The van der Waals surface area contributed by atoms with Gasteiger partial charge in [0.15, 0.2) is 0 Å². The van der Waals surface area contributed by atoms with E-state index in [9.17, 15) is 13.2 Å². The SMILES string of the molecule is CCCCS(=O)(=O)N1CCCC1C(=O)N1CCC(CNC)CC1. The molecule has 1 N–H and O–H groups in total. The van der Waals surface area contributed by atoms with Crippen LogP contribution in [0.2, 0.25) is 0 Å². The summed E-state index contributed by atoms with van der Waals surface area (Å²) in [4.78, 5) is 14.7. The number of rotatable bonds is 7. The van der Waals surface area contributed by atoms with E-state index in [1.165, 1.54) is 4.31 Å². The van der Waals surface area contributed by atoms with Crippen LogP contribution in [0.5, 0.6) is 0 Å². The number of nitrogens with one attached hydrogen (secondary N) is 1. The first-order valence-electron chi connectivity index (χ1n) is 8.92. The third kappa shape index (κ3) is 4.67. The monoisotopic (exact) mass is 345 g/mol. The van der Waals surface area contributed by atoms with E-state index in [0.717, 1.165) is 45.3 Å². The first kappa shape index (κ1) is 18.7. The fourth-order valence-electron chi connectivity index (χ4n) is 3.62. The van der Waals surface area contributed by atoms with Crippen LogP contribution >= 0.6 is 0 Å². The highest BCUT2D eigenvalue weighted by atomic mass is 32.2. The van der Waals surface area contributed by atoms with Gasteiger partial charge in [0.05, 0.1) is 5.75 Å². The molecule has 0 aromatic carbocycles. The average molecular weight is 346 g/mol. The van der Waals surface area contributed by atoms with Crippen molar-refractivity contribution in [2.75, 3.05) is 39.0 Å². The summed E-state index contributed by atoms with van der Waals surface area (Å²) in [5, 5.41) is 3.19. The molecule has 2 aliphatic rings. The van der Waals surface area contributed by atoms with Crippen molar-refractivity contribution in [3.05, 3.63) is 0 Å². The van der Waals surface area contributed by atoms with Crippen LogP contribution in [0, 0.1) is 5.92 Å². The zero-order valence-corrected chi connectivity index (χ0v) is 15.3. The van der Waals surface area contributed by atoms with Gasteiger partial charge in [0, 0.05) is 19.6 Å². The lowest BCUT2D eigenvalue weighted by molar-refractivity contribution is -0.136. The number of hydrogen-bond donors (Lipinski definition) is 1. The minimum Gasteiger partial charge on any atom is -0.341 e. The molecule has 1 atom stereocenters. The summed E-state index contributed by atoms with van der Waals surface area (Å²) < 4.78 is 26.4. The summed E-state index contributed by atoms with van der Waals surface area (Å²) in [5.41, 5.74) is 0. The minimum absolute atomic E-state index is 0.0190. The van der Waals surface area contributed by atoms with E-state index in [2.05, 4.69) is 5.32 Å². The Morgan fingerprint density at radius 3 is 2.48 bits per heavy atom. The van der Waals surface area contributed by atoms with Gasteiger partial charge in [-0.2, -0.15) is 4.31 Å². The molecule has 2 heterocycles. The molecule has 0 bridgehead atoms. The van der Waals surface area contributed by atoms with Crippen LogP contribution < -0.4 is 5.32 Å². The average Bonchev–Trinajstić information content (AvgIpc) is 3.04. The topological polar surface area (TPSA) is 69.7 Å². The first-order chi connectivity index (χ1) is 11.0. The normalized spacial score (nSPS) is 24.3. The number of carbonyl (C=O) groups excluding carboxylic acids is 1. The standard InChI is InChI=1S/C16H31N3O3S/c1-3-4-12-23(21,22)19-9-5-6-15(19)16(20)18-10-7-14(8-11-18)13-17-2/h14-15,17H,3-13H2,1-2H3. The summed E-state index contributed by atoms with van der Waals surface area (Å²) in [6.07, 6.45) is 4.97. The third-order valence-electron chi connectivity index (χ3n) is 5.02. The quantitative estimate of drug-likeness (QED) is 0.748. The number of piperidine rings is 1. The molecule has 2 aliphatic heterocycles. The summed E-state index contributed by atoms with van der Waals surface area (Å²) in [5.74, 6) is 0.805.